The van der Waals surface area contributed by atoms with Gasteiger partial charge in [0.15, 0.2) is 0 Å². The third-order valence-electron chi connectivity index (χ3n) is 9.12. The first-order chi connectivity index (χ1) is 23.1. The summed E-state index contributed by atoms with van der Waals surface area (Å²) in [5, 5.41) is 23.9. The summed E-state index contributed by atoms with van der Waals surface area (Å²) in [4.78, 5) is 28.1. The van der Waals surface area contributed by atoms with Gasteiger partial charge in [0.2, 0.25) is 0 Å². The Labute approximate surface area is 267 Å². The third-order valence-corrected chi connectivity index (χ3v) is 9.12. The Morgan fingerprint density at radius 1 is 0.511 bits per heavy atom. The number of carbonyl (C=O) groups is 2. The largest absolute Gasteiger partial charge is 0.309 e. The van der Waals surface area contributed by atoms with Crippen molar-refractivity contribution in [3.63, 3.8) is 0 Å². The van der Waals surface area contributed by atoms with Crippen LogP contribution in [0.1, 0.15) is 31.8 Å². The van der Waals surface area contributed by atoms with Gasteiger partial charge in [-0.25, -0.2) is 4.90 Å². The summed E-state index contributed by atoms with van der Waals surface area (Å²) in [6.45, 7) is 0. The number of carbonyl (C=O) groups excluding carboxylic acids is 2. The standard InChI is InChI=1S/C40H21N5O2/c41-22-24-13-16-26(17-14-24)43-33-11-5-3-7-28(33)29-19-20-35-37(38(29)43)32-10-4-6-12-34(32)45(35)36-21-27(18-15-25(36)23-42)44-39(46)30-8-1-2-9-31(30)40(44)47/h1-21H. The fourth-order valence-corrected chi connectivity index (χ4v) is 7.08. The molecule has 0 fully saturated rings. The average Bonchev–Trinajstić information content (AvgIpc) is 3.73. The van der Waals surface area contributed by atoms with E-state index in [1.807, 2.05) is 59.2 Å². The lowest BCUT2D eigenvalue weighted by Crippen LogP contribution is -2.29. The van der Waals surface area contributed by atoms with Crippen molar-refractivity contribution < 1.29 is 9.59 Å². The summed E-state index contributed by atoms with van der Waals surface area (Å²) in [5.41, 5.74) is 7.35. The number of benzene rings is 6. The molecule has 47 heavy (non-hydrogen) atoms. The van der Waals surface area contributed by atoms with Crippen LogP contribution in [0.4, 0.5) is 5.69 Å². The zero-order chi connectivity index (χ0) is 31.8. The molecule has 0 radical (unpaired) electrons. The van der Waals surface area contributed by atoms with Gasteiger partial charge in [0, 0.05) is 27.2 Å². The van der Waals surface area contributed by atoms with Crippen LogP contribution < -0.4 is 4.90 Å². The summed E-state index contributed by atoms with van der Waals surface area (Å²) in [7, 11) is 0. The van der Waals surface area contributed by atoms with Gasteiger partial charge in [0.25, 0.3) is 11.8 Å². The third kappa shape index (κ3) is 3.60. The van der Waals surface area contributed by atoms with E-state index in [1.54, 1.807) is 42.5 Å². The second-order valence-corrected chi connectivity index (χ2v) is 11.5. The molecule has 7 heteroatoms. The van der Waals surface area contributed by atoms with Gasteiger partial charge in [-0.15, -0.1) is 0 Å². The van der Waals surface area contributed by atoms with Crippen molar-refractivity contribution in [2.24, 2.45) is 0 Å². The zero-order valence-corrected chi connectivity index (χ0v) is 24.7. The van der Waals surface area contributed by atoms with Crippen molar-refractivity contribution >= 4 is 61.1 Å². The van der Waals surface area contributed by atoms with Crippen LogP contribution in [0.5, 0.6) is 0 Å². The summed E-state index contributed by atoms with van der Waals surface area (Å²) < 4.78 is 4.27. The van der Waals surface area contributed by atoms with Crippen molar-refractivity contribution in [2.45, 2.75) is 0 Å². The van der Waals surface area contributed by atoms with Gasteiger partial charge >= 0.3 is 0 Å². The number of imide groups is 1. The Hall–Kier alpha value is -6.96. The number of fused-ring (bicyclic) bond motifs is 8. The lowest BCUT2D eigenvalue weighted by Gasteiger charge is -2.17. The number of rotatable bonds is 3. The normalized spacial score (nSPS) is 12.7. The molecule has 9 rings (SSSR count). The van der Waals surface area contributed by atoms with E-state index < -0.39 is 11.8 Å². The molecule has 218 valence electrons. The first kappa shape index (κ1) is 26.4. The Kier molecular flexibility index (Phi) is 5.50. The summed E-state index contributed by atoms with van der Waals surface area (Å²) in [5.74, 6) is -0.783. The van der Waals surface area contributed by atoms with Gasteiger partial charge in [0.1, 0.15) is 6.07 Å². The van der Waals surface area contributed by atoms with Crippen LogP contribution in [0, 0.1) is 22.7 Å². The Balaban J connectivity index is 1.37. The van der Waals surface area contributed by atoms with E-state index in [4.69, 9.17) is 0 Å². The van der Waals surface area contributed by atoms with Gasteiger partial charge < -0.3 is 9.13 Å². The molecule has 1 aliphatic rings. The van der Waals surface area contributed by atoms with E-state index >= 15 is 0 Å². The molecule has 2 aromatic heterocycles. The highest BCUT2D eigenvalue weighted by Gasteiger charge is 2.36. The quantitative estimate of drug-likeness (QED) is 0.189. The minimum atomic E-state index is -0.392. The molecule has 0 saturated carbocycles. The van der Waals surface area contributed by atoms with Crippen LogP contribution in [0.25, 0.3) is 55.0 Å². The molecular formula is C40H21N5O2. The smallest absolute Gasteiger partial charge is 0.266 e. The second-order valence-electron chi connectivity index (χ2n) is 11.5. The highest BCUT2D eigenvalue weighted by atomic mass is 16.2. The monoisotopic (exact) mass is 603 g/mol. The minimum absolute atomic E-state index is 0.360. The Morgan fingerprint density at radius 3 is 1.81 bits per heavy atom. The van der Waals surface area contributed by atoms with Crippen LogP contribution in [0.2, 0.25) is 0 Å². The van der Waals surface area contributed by atoms with E-state index in [-0.39, 0.29) is 0 Å². The zero-order valence-electron chi connectivity index (χ0n) is 24.7. The minimum Gasteiger partial charge on any atom is -0.309 e. The van der Waals surface area contributed by atoms with Gasteiger partial charge in [-0.1, -0.05) is 54.6 Å². The van der Waals surface area contributed by atoms with Crippen LogP contribution in [0.3, 0.4) is 0 Å². The maximum absolute atomic E-state index is 13.4. The molecule has 0 aliphatic carbocycles. The fraction of sp³-hybridized carbons (Fsp3) is 0. The van der Waals surface area contributed by atoms with Gasteiger partial charge in [0.05, 0.1) is 61.8 Å². The molecule has 2 amide bonds. The molecule has 8 aromatic rings. The molecule has 0 saturated heterocycles. The highest BCUT2D eigenvalue weighted by molar-refractivity contribution is 6.34. The van der Waals surface area contributed by atoms with Gasteiger partial charge in [-0.2, -0.15) is 10.5 Å². The Bertz CT molecular complexity index is 2720. The predicted octanol–water partition coefficient (Wildman–Crippen LogP) is 8.42. The average molecular weight is 604 g/mol. The second kappa shape index (κ2) is 9.77. The van der Waals surface area contributed by atoms with Crippen molar-refractivity contribution in [3.05, 3.63) is 150 Å². The van der Waals surface area contributed by atoms with Gasteiger partial charge in [-0.3, -0.25) is 9.59 Å². The topological polar surface area (TPSA) is 94.8 Å². The van der Waals surface area contributed by atoms with E-state index in [1.165, 1.54) is 4.90 Å². The van der Waals surface area contributed by atoms with E-state index in [0.717, 1.165) is 49.3 Å². The maximum atomic E-state index is 13.4. The SMILES string of the molecule is N#Cc1ccc(-n2c3ccccc3c3ccc4c(c5ccccc5n4-c4cc(N5C(=O)c6ccccc6C5=O)ccc4C#N)c32)cc1. The summed E-state index contributed by atoms with van der Waals surface area (Å²) in [6, 6.07) is 44.5. The van der Waals surface area contributed by atoms with Gasteiger partial charge in [-0.05, 0) is 72.8 Å². The number of nitrogens with zero attached hydrogens (tertiary/aromatic N) is 5. The number of para-hydroxylation sites is 2. The van der Waals surface area contributed by atoms with Crippen LogP contribution in [0.15, 0.2) is 127 Å². The van der Waals surface area contributed by atoms with Crippen molar-refractivity contribution in [1.29, 1.82) is 10.5 Å². The number of amides is 2. The lowest BCUT2D eigenvalue weighted by atomic mass is 10.1. The highest BCUT2D eigenvalue weighted by Crippen LogP contribution is 2.43. The molecule has 6 aromatic carbocycles. The summed E-state index contributed by atoms with van der Waals surface area (Å²) >= 11 is 0. The molecule has 3 heterocycles. The molecule has 0 bridgehead atoms. The van der Waals surface area contributed by atoms with Crippen LogP contribution in [-0.4, -0.2) is 20.9 Å². The summed E-state index contributed by atoms with van der Waals surface area (Å²) in [6.07, 6.45) is 0. The molecule has 7 nitrogen and oxygen atoms in total. The van der Waals surface area contributed by atoms with Crippen molar-refractivity contribution in [1.82, 2.24) is 9.13 Å². The Morgan fingerprint density at radius 2 is 1.13 bits per heavy atom. The fourth-order valence-electron chi connectivity index (χ4n) is 7.08. The molecule has 0 N–H and O–H groups in total. The molecular weight excluding hydrogens is 582 g/mol. The van der Waals surface area contributed by atoms with E-state index in [9.17, 15) is 20.1 Å². The molecule has 0 atom stereocenters. The van der Waals surface area contributed by atoms with E-state index in [2.05, 4.69) is 47.0 Å². The number of hydrogen-bond donors (Lipinski definition) is 0. The number of aromatic nitrogens is 2. The maximum Gasteiger partial charge on any atom is 0.266 e. The lowest BCUT2D eigenvalue weighted by molar-refractivity contribution is 0.0926. The predicted molar refractivity (Wildman–Crippen MR) is 182 cm³/mol. The number of nitriles is 2. The molecule has 1 aliphatic heterocycles. The first-order valence-corrected chi connectivity index (χ1v) is 15.1. The molecule has 0 spiro atoms. The number of hydrogen-bond acceptors (Lipinski definition) is 4. The molecule has 0 unspecified atom stereocenters. The first-order valence-electron chi connectivity index (χ1n) is 15.1. The van der Waals surface area contributed by atoms with E-state index in [0.29, 0.717) is 33.6 Å². The van der Waals surface area contributed by atoms with Crippen LogP contribution in [-0.2, 0) is 0 Å². The van der Waals surface area contributed by atoms with Crippen molar-refractivity contribution in [3.8, 4) is 23.5 Å². The van der Waals surface area contributed by atoms with Crippen molar-refractivity contribution in [2.75, 3.05) is 4.90 Å². The number of anilines is 1. The van der Waals surface area contributed by atoms with Crippen LogP contribution >= 0.6 is 0 Å².